The third kappa shape index (κ3) is 1.36. The molecule has 2 nitrogen and oxygen atoms in total. The lowest BCUT2D eigenvalue weighted by Gasteiger charge is -2.26. The molecule has 0 radical (unpaired) electrons. The summed E-state index contributed by atoms with van der Waals surface area (Å²) in [5, 5.41) is 0.801. The lowest BCUT2D eigenvalue weighted by atomic mass is 9.85. The van der Waals surface area contributed by atoms with Crippen molar-refractivity contribution in [1.29, 1.82) is 0 Å². The van der Waals surface area contributed by atoms with Gasteiger partial charge in [-0.05, 0) is 42.5 Å². The molecule has 1 aliphatic carbocycles. The van der Waals surface area contributed by atoms with Gasteiger partial charge in [-0.25, -0.2) is 4.99 Å². The van der Waals surface area contributed by atoms with Gasteiger partial charge in [-0.3, -0.25) is 0 Å². The van der Waals surface area contributed by atoms with E-state index in [0.717, 1.165) is 16.5 Å². The van der Waals surface area contributed by atoms with Gasteiger partial charge in [0.15, 0.2) is 0 Å². The molecule has 3 heteroatoms. The summed E-state index contributed by atoms with van der Waals surface area (Å²) >= 11 is 6.02. The summed E-state index contributed by atoms with van der Waals surface area (Å²) in [4.78, 5) is 4.47. The van der Waals surface area contributed by atoms with Gasteiger partial charge < -0.3 is 5.73 Å². The molecule has 1 aromatic rings. The van der Waals surface area contributed by atoms with Crippen molar-refractivity contribution in [3.63, 3.8) is 0 Å². The Labute approximate surface area is 94.1 Å². The minimum atomic E-state index is 0.455. The van der Waals surface area contributed by atoms with Crippen molar-refractivity contribution >= 4 is 23.1 Å². The first-order valence-corrected chi connectivity index (χ1v) is 5.77. The molecule has 3 rings (SSSR count). The first-order valence-electron chi connectivity index (χ1n) is 5.39. The number of nitrogens with two attached hydrogens (primary N) is 1. The minimum Gasteiger partial charge on any atom is -0.387 e. The van der Waals surface area contributed by atoms with E-state index >= 15 is 0 Å². The molecule has 78 valence electrons. The standard InChI is InChI=1S/C12H13ClN2/c13-7-4-5-11-10(6-7)8-2-1-3-9(8)12(14)15-11/h4-6,8-9H,1-3H2,(H2,14,15). The van der Waals surface area contributed by atoms with Crippen LogP contribution in [0.1, 0.15) is 30.7 Å². The molecule has 2 atom stereocenters. The Hall–Kier alpha value is -1.02. The zero-order valence-electron chi connectivity index (χ0n) is 8.41. The Kier molecular flexibility index (Phi) is 1.99. The number of aliphatic imine (C=N–C) groups is 1. The fraction of sp³-hybridized carbons (Fsp3) is 0.417. The van der Waals surface area contributed by atoms with Gasteiger partial charge in [0.25, 0.3) is 0 Å². The number of hydrogen-bond donors (Lipinski definition) is 1. The molecule has 1 saturated carbocycles. The SMILES string of the molecule is NC1=Nc2ccc(Cl)cc2C2CCCC12. The van der Waals surface area contributed by atoms with Crippen LogP contribution in [0, 0.1) is 5.92 Å². The molecule has 0 spiro atoms. The molecule has 15 heavy (non-hydrogen) atoms. The Morgan fingerprint density at radius 3 is 2.93 bits per heavy atom. The van der Waals surface area contributed by atoms with Gasteiger partial charge in [-0.1, -0.05) is 18.0 Å². The number of rotatable bonds is 0. The molecule has 0 amide bonds. The van der Waals surface area contributed by atoms with E-state index in [9.17, 15) is 0 Å². The Balaban J connectivity index is 2.17. The van der Waals surface area contributed by atoms with Crippen LogP contribution < -0.4 is 5.73 Å². The molecule has 1 fully saturated rings. The van der Waals surface area contributed by atoms with E-state index in [-0.39, 0.29) is 0 Å². The van der Waals surface area contributed by atoms with Crippen molar-refractivity contribution in [3.8, 4) is 0 Å². The maximum absolute atomic E-state index is 6.02. The van der Waals surface area contributed by atoms with Crippen LogP contribution in [-0.4, -0.2) is 5.84 Å². The molecule has 0 saturated heterocycles. The van der Waals surface area contributed by atoms with Crippen LogP contribution in [0.2, 0.25) is 5.02 Å². The number of amidine groups is 1. The van der Waals surface area contributed by atoms with E-state index in [0.29, 0.717) is 11.8 Å². The molecule has 2 aliphatic rings. The molecular formula is C12H13ClN2. The number of fused-ring (bicyclic) bond motifs is 3. The van der Waals surface area contributed by atoms with Gasteiger partial charge in [-0.2, -0.15) is 0 Å². The molecule has 1 heterocycles. The van der Waals surface area contributed by atoms with Crippen LogP contribution in [0.15, 0.2) is 23.2 Å². The van der Waals surface area contributed by atoms with Crippen LogP contribution in [0.5, 0.6) is 0 Å². The fourth-order valence-electron chi connectivity index (χ4n) is 2.83. The monoisotopic (exact) mass is 220 g/mol. The molecule has 0 bridgehead atoms. The Bertz CT molecular complexity index is 439. The Morgan fingerprint density at radius 1 is 1.27 bits per heavy atom. The molecule has 0 aromatic heterocycles. The molecule has 2 unspecified atom stereocenters. The van der Waals surface area contributed by atoms with Crippen molar-refractivity contribution in [2.24, 2.45) is 16.6 Å². The molecule has 1 aliphatic heterocycles. The second-order valence-corrected chi connectivity index (χ2v) is 4.82. The first kappa shape index (κ1) is 9.22. The third-order valence-corrected chi connectivity index (χ3v) is 3.77. The largest absolute Gasteiger partial charge is 0.387 e. The summed E-state index contributed by atoms with van der Waals surface area (Å²) in [5.41, 5.74) is 8.29. The van der Waals surface area contributed by atoms with Crippen molar-refractivity contribution in [2.75, 3.05) is 0 Å². The van der Waals surface area contributed by atoms with E-state index < -0.39 is 0 Å². The van der Waals surface area contributed by atoms with Crippen LogP contribution in [-0.2, 0) is 0 Å². The van der Waals surface area contributed by atoms with Gasteiger partial charge in [0.2, 0.25) is 0 Å². The van der Waals surface area contributed by atoms with Crippen molar-refractivity contribution in [1.82, 2.24) is 0 Å². The summed E-state index contributed by atoms with van der Waals surface area (Å²) < 4.78 is 0. The van der Waals surface area contributed by atoms with Crippen LogP contribution in [0.3, 0.4) is 0 Å². The quantitative estimate of drug-likeness (QED) is 0.716. The highest BCUT2D eigenvalue weighted by Crippen LogP contribution is 2.47. The molecular weight excluding hydrogens is 208 g/mol. The minimum absolute atomic E-state index is 0.455. The second-order valence-electron chi connectivity index (χ2n) is 4.38. The predicted molar refractivity (Wildman–Crippen MR) is 62.8 cm³/mol. The molecule has 1 aromatic carbocycles. The van der Waals surface area contributed by atoms with E-state index in [1.807, 2.05) is 12.1 Å². The van der Waals surface area contributed by atoms with Gasteiger partial charge in [-0.15, -0.1) is 0 Å². The van der Waals surface area contributed by atoms with Gasteiger partial charge in [0, 0.05) is 10.9 Å². The van der Waals surface area contributed by atoms with Gasteiger partial charge >= 0.3 is 0 Å². The third-order valence-electron chi connectivity index (χ3n) is 3.53. The highest BCUT2D eigenvalue weighted by atomic mass is 35.5. The topological polar surface area (TPSA) is 38.4 Å². The average molecular weight is 221 g/mol. The van der Waals surface area contributed by atoms with E-state index in [1.165, 1.54) is 24.8 Å². The number of nitrogens with zero attached hydrogens (tertiary/aromatic N) is 1. The zero-order valence-corrected chi connectivity index (χ0v) is 9.17. The van der Waals surface area contributed by atoms with Crippen LogP contribution in [0.25, 0.3) is 0 Å². The van der Waals surface area contributed by atoms with E-state index in [4.69, 9.17) is 17.3 Å². The number of halogens is 1. The summed E-state index contributed by atoms with van der Waals surface area (Å²) in [5.74, 6) is 1.82. The first-order chi connectivity index (χ1) is 7.25. The van der Waals surface area contributed by atoms with E-state index in [1.54, 1.807) is 0 Å². The maximum atomic E-state index is 6.02. The maximum Gasteiger partial charge on any atom is 0.103 e. The van der Waals surface area contributed by atoms with Crippen LogP contribution >= 0.6 is 11.6 Å². The summed E-state index contributed by atoms with van der Waals surface area (Å²) in [7, 11) is 0. The molecule has 2 N–H and O–H groups in total. The average Bonchev–Trinajstić information content (AvgIpc) is 2.69. The fourth-order valence-corrected chi connectivity index (χ4v) is 3.01. The normalized spacial score (nSPS) is 28.2. The van der Waals surface area contributed by atoms with Gasteiger partial charge in [0.05, 0.1) is 5.69 Å². The van der Waals surface area contributed by atoms with Gasteiger partial charge in [0.1, 0.15) is 5.84 Å². The highest BCUT2D eigenvalue weighted by molar-refractivity contribution is 6.30. The highest BCUT2D eigenvalue weighted by Gasteiger charge is 2.35. The van der Waals surface area contributed by atoms with Crippen molar-refractivity contribution in [3.05, 3.63) is 28.8 Å². The Morgan fingerprint density at radius 2 is 2.07 bits per heavy atom. The zero-order chi connectivity index (χ0) is 10.4. The van der Waals surface area contributed by atoms with E-state index in [2.05, 4.69) is 11.1 Å². The van der Waals surface area contributed by atoms with Crippen LogP contribution in [0.4, 0.5) is 5.69 Å². The summed E-state index contributed by atoms with van der Waals surface area (Å²) in [6.07, 6.45) is 3.64. The predicted octanol–water partition coefficient (Wildman–Crippen LogP) is 3.23. The van der Waals surface area contributed by atoms with Crippen molar-refractivity contribution < 1.29 is 0 Å². The lowest BCUT2D eigenvalue weighted by molar-refractivity contribution is 0.610. The lowest BCUT2D eigenvalue weighted by Crippen LogP contribution is -2.28. The van der Waals surface area contributed by atoms with Crippen molar-refractivity contribution in [2.45, 2.75) is 25.2 Å². The number of hydrogen-bond acceptors (Lipinski definition) is 2. The smallest absolute Gasteiger partial charge is 0.103 e. The summed E-state index contributed by atoms with van der Waals surface area (Å²) in [6, 6.07) is 5.90. The second kappa shape index (κ2) is 3.24. The summed E-state index contributed by atoms with van der Waals surface area (Å²) in [6.45, 7) is 0. The number of benzene rings is 1.